The molecular weight excluding hydrogens is 2050 g/mol. The van der Waals surface area contributed by atoms with Crippen LogP contribution in [0.4, 0.5) is 0 Å². The Morgan fingerprint density at radius 2 is 0.695 bits per heavy atom. The van der Waals surface area contributed by atoms with Crippen LogP contribution in [-0.4, -0.2) is 424 Å². The Kier molecular flexibility index (Phi) is 35.2. The van der Waals surface area contributed by atoms with E-state index in [9.17, 15) is 117 Å². The van der Waals surface area contributed by atoms with Crippen molar-refractivity contribution >= 4 is 96.3 Å². The van der Waals surface area contributed by atoms with Gasteiger partial charge in [-0.1, -0.05) is 5.21 Å². The van der Waals surface area contributed by atoms with E-state index in [1.54, 1.807) is 44.3 Å². The maximum Gasteiger partial charge on any atom is 0.307 e. The van der Waals surface area contributed by atoms with Crippen molar-refractivity contribution in [2.75, 3.05) is 46.2 Å². The van der Waals surface area contributed by atoms with E-state index in [1.807, 2.05) is 0 Å². The van der Waals surface area contributed by atoms with Gasteiger partial charge in [0.1, 0.15) is 189 Å². The van der Waals surface area contributed by atoms with E-state index in [0.29, 0.717) is 42.8 Å². The van der Waals surface area contributed by atoms with Crippen LogP contribution >= 0.6 is 90.4 Å². The number of aliphatic hydroxyl groups is 21. The highest BCUT2D eigenvalue weighted by atomic mass is 127. The lowest BCUT2D eigenvalue weighted by Gasteiger charge is -2.50. The number of hydrogen-bond acceptors (Lipinski definition) is 42. The molecule has 30 aliphatic rings. The summed E-state index contributed by atoms with van der Waals surface area (Å²) >= 11 is 8.32. The number of carbonyl (C=O) groups is 1. The number of aromatic nitrogens is 3. The molecule has 16 bridgehead atoms. The van der Waals surface area contributed by atoms with Crippen LogP contribution in [0.5, 0.6) is 17.2 Å². The molecular formula is C68H99I4N3O43. The van der Waals surface area contributed by atoms with E-state index >= 15 is 0 Å². The average molecular weight is 2150 g/mol. The molecule has 14 unspecified atom stereocenters. The molecule has 0 amide bonds. The molecule has 672 valence electrons. The predicted molar refractivity (Wildman–Crippen MR) is 412 cm³/mol. The molecule has 0 saturated carbocycles. The van der Waals surface area contributed by atoms with Crippen molar-refractivity contribution < 1.29 is 213 Å². The minimum Gasteiger partial charge on any atom is -0.485 e. The van der Waals surface area contributed by atoms with Gasteiger partial charge in [0.15, 0.2) is 56.1 Å². The van der Waals surface area contributed by atoms with Gasteiger partial charge < -0.3 is 209 Å². The van der Waals surface area contributed by atoms with Gasteiger partial charge in [-0.2, -0.15) is 0 Å². The summed E-state index contributed by atoms with van der Waals surface area (Å²) in [6.07, 6.45) is -73.0. The van der Waals surface area contributed by atoms with Gasteiger partial charge in [0.2, 0.25) is 0 Å². The number of hydrogen-bond donors (Lipinski definition) is 22. The number of aliphatic hydroxyl groups excluding tert-OH is 21. The van der Waals surface area contributed by atoms with Crippen LogP contribution in [0.2, 0.25) is 0 Å². The fraction of sp³-hybridized carbons (Fsp3) is 0.779. The molecule has 118 heavy (non-hydrogen) atoms. The third kappa shape index (κ3) is 21.4. The number of ether oxygens (including phenoxy) is 18. The molecule has 0 aliphatic carbocycles. The molecule has 2 aromatic carbocycles. The van der Waals surface area contributed by atoms with Gasteiger partial charge in [0.05, 0.1) is 97.0 Å². The van der Waals surface area contributed by atoms with Gasteiger partial charge in [0, 0.05) is 19.3 Å². The van der Waals surface area contributed by atoms with Crippen molar-refractivity contribution in [2.45, 2.75) is 285 Å². The fourth-order valence-corrected chi connectivity index (χ4v) is 19.3. The summed E-state index contributed by atoms with van der Waals surface area (Å²) in [5.74, 6) is 0.467. The highest BCUT2D eigenvalue weighted by molar-refractivity contribution is 14.1. The first-order chi connectivity index (χ1) is 55.1. The minimum absolute atomic E-state index is 0. The highest BCUT2D eigenvalue weighted by Gasteiger charge is 2.60. The van der Waals surface area contributed by atoms with E-state index in [1.165, 1.54) is 4.68 Å². The van der Waals surface area contributed by atoms with E-state index in [4.69, 9.17) is 85.3 Å². The molecule has 33 rings (SSSR count). The molecule has 46 nitrogen and oxygen atoms in total. The van der Waals surface area contributed by atoms with Crippen LogP contribution in [0.15, 0.2) is 30.5 Å². The second-order valence-corrected chi connectivity index (χ2v) is 34.4. The normalized spacial score (nSPS) is 42.9. The maximum absolute atomic E-state index is 12.3. The first kappa shape index (κ1) is 98.2. The second-order valence-electron chi connectivity index (χ2n) is 29.8. The standard InChI is InChI=1S/C68H95I4N3O41.2H2O/c1-68(2,75-11-21(73-74-75)19-99-52-25(71)6-22(7-26(52)72)100-53-23(69)3-20(4-24(53)70)5-37(85)86)10-29-56-40(87)46(93)62(103-29)111-55-28(84)9-38(102-31(55)13-77)109-54-27(83)8-39(101-30(54)12-76)110-57-32(14-78)104-64(47(94)41(57)88)113-59-34(16-80)106-66(49(96)43(59)90)115-61-36(18-82)108-67(51(98)45(61)92)116-60-35(17-81)107-65(50(97)44(60)91)114-58-33(15-79)105-63(112-56)48(95)42(58)89;;/h3-4,6-7,11,27-36,38-51,54-67,76-84,87-98H,5,8-10,12-19H2,1-2H3,(H,85,86);2*1H2/t27-,28-,29?,30?,31?,32?,33?,34?,35?,36?,38+,39+,40-,41-,42-,43-,44-,45-,46?,47?,48?,49?,50?,51?,54+,55+,56-,57-,58-,59-,60-,61-,62-,63+,64+,65+,66-,67-;;/m1../s1. The van der Waals surface area contributed by atoms with Crippen molar-refractivity contribution in [3.63, 3.8) is 0 Å². The number of rotatable bonds is 17. The van der Waals surface area contributed by atoms with Crippen LogP contribution in [0, 0.1) is 14.3 Å². The Morgan fingerprint density at radius 1 is 0.407 bits per heavy atom. The molecule has 30 fully saturated rings. The molecule has 38 atom stereocenters. The quantitative estimate of drug-likeness (QED) is 0.0558. The molecule has 50 heteroatoms. The summed E-state index contributed by atoms with van der Waals surface area (Å²) in [6, 6.07) is 6.95. The van der Waals surface area contributed by atoms with Gasteiger partial charge in [-0.05, 0) is 134 Å². The zero-order valence-electron chi connectivity index (χ0n) is 62.3. The largest absolute Gasteiger partial charge is 0.485 e. The summed E-state index contributed by atoms with van der Waals surface area (Å²) in [7, 11) is 0. The second kappa shape index (κ2) is 42.3. The molecule has 30 saturated heterocycles. The van der Waals surface area contributed by atoms with Crippen molar-refractivity contribution in [3.05, 3.63) is 56.0 Å². The average Bonchev–Trinajstić information content (AvgIpc) is 1.04. The van der Waals surface area contributed by atoms with Crippen LogP contribution in [0.25, 0.3) is 0 Å². The Morgan fingerprint density at radius 3 is 1.03 bits per heavy atom. The van der Waals surface area contributed by atoms with Crippen molar-refractivity contribution in [1.29, 1.82) is 0 Å². The summed E-state index contributed by atoms with van der Waals surface area (Å²) in [5.41, 5.74) is -0.387. The van der Waals surface area contributed by atoms with Gasteiger partial charge >= 0.3 is 5.97 Å². The Hall–Kier alpha value is -1.99. The van der Waals surface area contributed by atoms with Crippen molar-refractivity contribution in [2.24, 2.45) is 0 Å². The fourth-order valence-electron chi connectivity index (χ4n) is 15.2. The lowest BCUT2D eigenvalue weighted by molar-refractivity contribution is -0.399. The smallest absolute Gasteiger partial charge is 0.307 e. The molecule has 3 aromatic rings. The SMILES string of the molecule is CC(C)(CC1O[C@@H]2O[C@@H]3C(CO)O[C@H](C[C@H]3O)O[C@@H]3C(CO)O[C@H](C[C@H]3O)O[C@@H]3C(CO)O[C@@H](O[C@@H]4C(CO)O[C@H](O[C@@H]5C(CO)O[C@H](O[C@@H]6C(CO)O[C@@H](O[C@@H]7C(CO)O[C@@H](O[C@H]1[C@H](O)C2O)C(O)[C@H]7O)C(O)[C@H]6O)C(O)[C@H]5O)C(O)[C@H]4O)C(O)[C@H]3O)n1cc(COc2c(I)cc(Oc3c(I)cc(CC(=O)O)cc3I)cc2I)nn1.O.O. The molecule has 26 N–H and O–H groups in total. The zero-order valence-corrected chi connectivity index (χ0v) is 70.9. The molecule has 0 spiro atoms. The number of carboxylic acids is 1. The first-order valence-corrected chi connectivity index (χ1v) is 41.1. The molecule has 0 radical (unpaired) electrons. The number of aliphatic carboxylic acids is 1. The lowest BCUT2D eigenvalue weighted by Crippen LogP contribution is -2.68. The maximum atomic E-state index is 12.3. The third-order valence-corrected chi connectivity index (χ3v) is 24.5. The number of nitrogens with zero attached hydrogens (tertiary/aromatic N) is 3. The summed E-state index contributed by atoms with van der Waals surface area (Å²) in [6.45, 7) is -3.93. The van der Waals surface area contributed by atoms with Crippen LogP contribution < -0.4 is 9.47 Å². The van der Waals surface area contributed by atoms with Crippen LogP contribution in [-0.2, 0) is 99.2 Å². The van der Waals surface area contributed by atoms with E-state index in [-0.39, 0.29) is 30.4 Å². The number of carboxylic acid groups (broad SMARTS) is 1. The number of halogens is 4. The van der Waals surface area contributed by atoms with Crippen LogP contribution in [0.1, 0.15) is 44.4 Å². The molecule has 30 aliphatic heterocycles. The Labute approximate surface area is 724 Å². The van der Waals surface area contributed by atoms with Gasteiger partial charge in [0.25, 0.3) is 0 Å². The monoisotopic (exact) mass is 2150 g/mol. The lowest BCUT2D eigenvalue weighted by atomic mass is 9.88. The Bertz CT molecular complexity index is 3650. The summed E-state index contributed by atoms with van der Waals surface area (Å²) in [4.78, 5) is 11.4. The highest BCUT2D eigenvalue weighted by Crippen LogP contribution is 2.43. The van der Waals surface area contributed by atoms with Gasteiger partial charge in [-0.25, -0.2) is 4.68 Å². The van der Waals surface area contributed by atoms with E-state index < -0.39 is 304 Å². The minimum atomic E-state index is -2.27. The van der Waals surface area contributed by atoms with Crippen molar-refractivity contribution in [1.82, 2.24) is 15.0 Å². The van der Waals surface area contributed by atoms with Gasteiger partial charge in [-0.3, -0.25) is 4.79 Å². The van der Waals surface area contributed by atoms with Crippen molar-refractivity contribution in [3.8, 4) is 17.2 Å². The van der Waals surface area contributed by atoms with E-state index in [2.05, 4.69) is 101 Å². The molecule has 1 aromatic heterocycles. The molecule has 31 heterocycles. The summed E-state index contributed by atoms with van der Waals surface area (Å²) < 4.78 is 112. The summed E-state index contributed by atoms with van der Waals surface area (Å²) in [5, 5.41) is 257. The number of benzene rings is 2. The topological polar surface area (TPSA) is 722 Å². The van der Waals surface area contributed by atoms with E-state index in [0.717, 1.165) is 0 Å². The Balaban J connectivity index is 0.00000733. The van der Waals surface area contributed by atoms with Gasteiger partial charge in [-0.15, -0.1) is 5.10 Å². The predicted octanol–water partition coefficient (Wildman–Crippen LogP) is -10.2. The first-order valence-electron chi connectivity index (χ1n) is 36.8. The zero-order chi connectivity index (χ0) is 84.0. The third-order valence-electron chi connectivity index (χ3n) is 21.3. The van der Waals surface area contributed by atoms with Crippen LogP contribution in [0.3, 0.4) is 0 Å².